The van der Waals surface area contributed by atoms with E-state index in [0.29, 0.717) is 0 Å². The lowest BCUT2D eigenvalue weighted by atomic mass is 10.1. The molecule has 5 aromatic rings. The molecule has 2 aromatic heterocycles. The van der Waals surface area contributed by atoms with E-state index in [1.165, 1.54) is 0 Å². The van der Waals surface area contributed by atoms with Gasteiger partial charge in [-0.3, -0.25) is 0 Å². The average Bonchev–Trinajstić information content (AvgIpc) is 3.36. The molecule has 5 rings (SSSR count). The van der Waals surface area contributed by atoms with Crippen molar-refractivity contribution in [3.63, 3.8) is 0 Å². The first kappa shape index (κ1) is 21.3. The Bertz CT molecular complexity index is 1470. The third kappa shape index (κ3) is 3.78. The Morgan fingerprint density at radius 1 is 0.970 bits per heavy atom. The summed E-state index contributed by atoms with van der Waals surface area (Å²) in [7, 11) is 3.69. The molecule has 1 N–H and O–H groups in total. The van der Waals surface area contributed by atoms with Crippen LogP contribution in [0.15, 0.2) is 71.2 Å². The predicted octanol–water partition coefficient (Wildman–Crippen LogP) is 6.56. The van der Waals surface area contributed by atoms with Crippen molar-refractivity contribution in [2.24, 2.45) is 7.05 Å². The van der Waals surface area contributed by atoms with Gasteiger partial charge in [-0.15, -0.1) is 0 Å². The number of halogens is 1. The number of methoxy groups -OCH3 is 1. The molecule has 0 radical (unpaired) electrons. The number of anilines is 2. The van der Waals surface area contributed by atoms with Crippen LogP contribution in [0.1, 0.15) is 11.3 Å². The van der Waals surface area contributed by atoms with Gasteiger partial charge >= 0.3 is 0 Å². The number of aromatic nitrogens is 4. The van der Waals surface area contributed by atoms with Crippen LogP contribution in [0.4, 0.5) is 11.6 Å². The van der Waals surface area contributed by atoms with Gasteiger partial charge in [0.05, 0.1) is 40.9 Å². The molecule has 0 saturated carbocycles. The van der Waals surface area contributed by atoms with E-state index in [1.807, 2.05) is 62.0 Å². The van der Waals surface area contributed by atoms with Gasteiger partial charge < -0.3 is 14.6 Å². The first-order valence-corrected chi connectivity index (χ1v) is 11.4. The predicted molar refractivity (Wildman–Crippen MR) is 137 cm³/mol. The smallest absolute Gasteiger partial charge is 0.208 e. The number of ether oxygens (including phenoxy) is 1. The topological polar surface area (TPSA) is 56.9 Å². The second-order valence-corrected chi connectivity index (χ2v) is 8.93. The van der Waals surface area contributed by atoms with Crippen LogP contribution in [0.2, 0.25) is 0 Å². The zero-order valence-corrected chi connectivity index (χ0v) is 20.5. The minimum atomic E-state index is 0.728. The van der Waals surface area contributed by atoms with Crippen molar-refractivity contribution in [1.29, 1.82) is 0 Å². The average molecular weight is 502 g/mol. The Morgan fingerprint density at radius 3 is 2.52 bits per heavy atom. The Labute approximate surface area is 201 Å². The van der Waals surface area contributed by atoms with Crippen molar-refractivity contribution in [3.05, 3.63) is 82.5 Å². The van der Waals surface area contributed by atoms with Crippen molar-refractivity contribution in [3.8, 4) is 22.7 Å². The van der Waals surface area contributed by atoms with Crippen LogP contribution < -0.4 is 10.1 Å². The molecule has 0 aliphatic heterocycles. The van der Waals surface area contributed by atoms with Crippen LogP contribution in [0.5, 0.6) is 5.75 Å². The number of aryl methyl sites for hydroxylation is 3. The number of fused-ring (bicyclic) bond motifs is 1. The fraction of sp³-hybridized carbons (Fsp3) is 0.154. The van der Waals surface area contributed by atoms with Crippen LogP contribution in [-0.4, -0.2) is 26.4 Å². The quantitative estimate of drug-likeness (QED) is 0.296. The van der Waals surface area contributed by atoms with E-state index in [9.17, 15) is 0 Å². The third-order valence-electron chi connectivity index (χ3n) is 5.72. The molecule has 0 saturated heterocycles. The van der Waals surface area contributed by atoms with E-state index in [4.69, 9.17) is 14.8 Å². The number of hydrogen-bond acceptors (Lipinski definition) is 4. The lowest BCUT2D eigenvalue weighted by Crippen LogP contribution is -2.05. The third-order valence-corrected chi connectivity index (χ3v) is 6.18. The van der Waals surface area contributed by atoms with E-state index < -0.39 is 0 Å². The summed E-state index contributed by atoms with van der Waals surface area (Å²) in [4.78, 5) is 4.89. The van der Waals surface area contributed by atoms with E-state index in [1.54, 1.807) is 7.11 Å². The van der Waals surface area contributed by atoms with Gasteiger partial charge in [0, 0.05) is 17.1 Å². The molecule has 7 heteroatoms. The highest BCUT2D eigenvalue weighted by Gasteiger charge is 2.18. The normalized spacial score (nSPS) is 11.2. The lowest BCUT2D eigenvalue weighted by molar-refractivity contribution is 0.416. The summed E-state index contributed by atoms with van der Waals surface area (Å²) in [5, 5.41) is 8.31. The van der Waals surface area contributed by atoms with Gasteiger partial charge in [0.15, 0.2) is 0 Å². The molecule has 3 aromatic carbocycles. The summed E-state index contributed by atoms with van der Waals surface area (Å²) in [6.07, 6.45) is 0. The Hall–Kier alpha value is -3.58. The minimum absolute atomic E-state index is 0.728. The fourth-order valence-electron chi connectivity index (χ4n) is 4.17. The molecule has 0 spiro atoms. The van der Waals surface area contributed by atoms with Crippen molar-refractivity contribution >= 4 is 38.6 Å². The summed E-state index contributed by atoms with van der Waals surface area (Å²) < 4.78 is 10.7. The van der Waals surface area contributed by atoms with Crippen LogP contribution >= 0.6 is 15.9 Å². The van der Waals surface area contributed by atoms with E-state index in [2.05, 4.69) is 56.1 Å². The molecule has 0 amide bonds. The maximum Gasteiger partial charge on any atom is 0.208 e. The highest BCUT2D eigenvalue weighted by molar-refractivity contribution is 9.10. The summed E-state index contributed by atoms with van der Waals surface area (Å²) in [5.41, 5.74) is 7.92. The van der Waals surface area contributed by atoms with Gasteiger partial charge in [-0.05, 0) is 49.7 Å². The second-order valence-electron chi connectivity index (χ2n) is 8.01. The largest absolute Gasteiger partial charge is 0.495 e. The fourth-order valence-corrected chi connectivity index (χ4v) is 4.73. The van der Waals surface area contributed by atoms with Crippen LogP contribution in [0.3, 0.4) is 0 Å². The molecular weight excluding hydrogens is 478 g/mol. The SMILES string of the molecule is COc1cc(Br)cc(C)c1Nc1nc2cccc(-n3nc(C)cc3-c3ccccc3)c2n1C. The van der Waals surface area contributed by atoms with Crippen LogP contribution in [0, 0.1) is 13.8 Å². The summed E-state index contributed by atoms with van der Waals surface area (Å²) in [6, 6.07) is 22.6. The maximum absolute atomic E-state index is 5.61. The zero-order valence-electron chi connectivity index (χ0n) is 18.9. The van der Waals surface area contributed by atoms with Gasteiger partial charge in [0.2, 0.25) is 5.95 Å². The number of rotatable bonds is 5. The Balaban J connectivity index is 1.66. The highest BCUT2D eigenvalue weighted by Crippen LogP contribution is 2.36. The summed E-state index contributed by atoms with van der Waals surface area (Å²) in [6.45, 7) is 4.06. The first-order chi connectivity index (χ1) is 16.0. The Morgan fingerprint density at radius 2 is 1.76 bits per heavy atom. The molecule has 0 unspecified atom stereocenters. The van der Waals surface area contributed by atoms with Crippen molar-refractivity contribution in [2.45, 2.75) is 13.8 Å². The van der Waals surface area contributed by atoms with Crippen molar-refractivity contribution in [1.82, 2.24) is 19.3 Å². The second kappa shape index (κ2) is 8.41. The number of hydrogen-bond donors (Lipinski definition) is 1. The van der Waals surface area contributed by atoms with Crippen molar-refractivity contribution < 1.29 is 4.74 Å². The molecule has 33 heavy (non-hydrogen) atoms. The number of para-hydroxylation sites is 1. The number of nitrogens with zero attached hydrogens (tertiary/aromatic N) is 4. The number of imidazole rings is 1. The van der Waals surface area contributed by atoms with Gasteiger partial charge in [-0.2, -0.15) is 5.10 Å². The molecule has 0 bridgehead atoms. The number of benzene rings is 3. The van der Waals surface area contributed by atoms with Gasteiger partial charge in [-0.1, -0.05) is 52.3 Å². The summed E-state index contributed by atoms with van der Waals surface area (Å²) in [5.74, 6) is 1.48. The standard InChI is InChI=1S/C26H24BrN5O/c1-16-13-19(27)15-23(33-4)24(16)29-26-28-20-11-8-12-21(25(20)31(26)3)32-22(14-17(2)30-32)18-9-6-5-7-10-18/h5-15H,1-4H3,(H,28,29). The molecule has 0 aliphatic carbocycles. The van der Waals surface area contributed by atoms with Gasteiger partial charge in [0.25, 0.3) is 0 Å². The molecule has 166 valence electrons. The first-order valence-electron chi connectivity index (χ1n) is 10.7. The van der Waals surface area contributed by atoms with Crippen molar-refractivity contribution in [2.75, 3.05) is 12.4 Å². The maximum atomic E-state index is 5.61. The van der Waals surface area contributed by atoms with E-state index >= 15 is 0 Å². The van der Waals surface area contributed by atoms with E-state index in [0.717, 1.165) is 61.1 Å². The van der Waals surface area contributed by atoms with Gasteiger partial charge in [0.1, 0.15) is 5.75 Å². The Kier molecular flexibility index (Phi) is 5.42. The molecule has 0 atom stereocenters. The molecule has 0 aliphatic rings. The number of nitrogens with one attached hydrogen (secondary N) is 1. The van der Waals surface area contributed by atoms with Crippen LogP contribution in [-0.2, 0) is 7.05 Å². The molecule has 2 heterocycles. The van der Waals surface area contributed by atoms with E-state index in [-0.39, 0.29) is 0 Å². The highest BCUT2D eigenvalue weighted by atomic mass is 79.9. The minimum Gasteiger partial charge on any atom is -0.495 e. The molecule has 0 fully saturated rings. The van der Waals surface area contributed by atoms with Crippen LogP contribution in [0.25, 0.3) is 28.0 Å². The molecule has 6 nitrogen and oxygen atoms in total. The van der Waals surface area contributed by atoms with Gasteiger partial charge in [-0.25, -0.2) is 9.67 Å². The lowest BCUT2D eigenvalue weighted by Gasteiger charge is -2.15. The molecular formula is C26H24BrN5O. The summed E-state index contributed by atoms with van der Waals surface area (Å²) >= 11 is 3.54. The monoisotopic (exact) mass is 501 g/mol. The zero-order chi connectivity index (χ0) is 23.1.